The Morgan fingerprint density at radius 2 is 2.12 bits per heavy atom. The number of hydrogen-bond acceptors (Lipinski definition) is 4. The molecule has 1 aromatic carbocycles. The maximum atomic E-state index is 12.3. The Bertz CT molecular complexity index is 719. The van der Waals surface area contributed by atoms with E-state index in [2.05, 4.69) is 23.5 Å². The van der Waals surface area contributed by atoms with Gasteiger partial charge < -0.3 is 10.0 Å². The summed E-state index contributed by atoms with van der Waals surface area (Å²) in [4.78, 5) is 13.2. The van der Waals surface area contributed by atoms with E-state index in [1.54, 1.807) is 0 Å². The Kier molecular flexibility index (Phi) is 5.91. The van der Waals surface area contributed by atoms with Crippen LogP contribution in [0.25, 0.3) is 0 Å². The topological polar surface area (TPSA) is 86.7 Å². The van der Waals surface area contributed by atoms with E-state index < -0.39 is 16.0 Å². The van der Waals surface area contributed by atoms with Gasteiger partial charge >= 0.3 is 5.97 Å². The van der Waals surface area contributed by atoms with E-state index in [1.165, 1.54) is 18.6 Å². The molecule has 1 aliphatic rings. The first-order valence-corrected chi connectivity index (χ1v) is 9.72. The second-order valence-corrected chi connectivity index (χ2v) is 9.06. The monoisotopic (exact) mass is 374 g/mol. The van der Waals surface area contributed by atoms with Crippen molar-refractivity contribution in [2.45, 2.75) is 31.6 Å². The summed E-state index contributed by atoms with van der Waals surface area (Å²) in [6.45, 7) is 7.31. The summed E-state index contributed by atoms with van der Waals surface area (Å²) >= 11 is 5.84. The lowest BCUT2D eigenvalue weighted by molar-refractivity contribution is 0.0697. The number of hydrogen-bond donors (Lipinski definition) is 2. The molecule has 6 nitrogen and oxygen atoms in total. The van der Waals surface area contributed by atoms with Crippen molar-refractivity contribution in [3.05, 3.63) is 28.8 Å². The third-order valence-corrected chi connectivity index (χ3v) is 5.95. The Morgan fingerprint density at radius 3 is 2.71 bits per heavy atom. The van der Waals surface area contributed by atoms with Crippen LogP contribution in [0.1, 0.15) is 37.0 Å². The number of nitrogens with one attached hydrogen (secondary N) is 1. The molecule has 1 fully saturated rings. The summed E-state index contributed by atoms with van der Waals surface area (Å²) in [6.07, 6.45) is 2.30. The molecule has 1 aromatic rings. The van der Waals surface area contributed by atoms with Crippen molar-refractivity contribution in [2.75, 3.05) is 26.2 Å². The number of sulfonamides is 1. The summed E-state index contributed by atoms with van der Waals surface area (Å²) in [6, 6.07) is 3.62. The Morgan fingerprint density at radius 1 is 1.42 bits per heavy atom. The number of piperidine rings is 1. The molecule has 2 rings (SSSR count). The molecule has 24 heavy (non-hydrogen) atoms. The highest BCUT2D eigenvalue weighted by Crippen LogP contribution is 2.28. The van der Waals surface area contributed by atoms with Crippen molar-refractivity contribution in [2.24, 2.45) is 5.41 Å². The quantitative estimate of drug-likeness (QED) is 0.798. The zero-order valence-electron chi connectivity index (χ0n) is 13.9. The molecule has 1 aliphatic heterocycles. The molecule has 0 atom stereocenters. The van der Waals surface area contributed by atoms with Crippen LogP contribution in [-0.4, -0.2) is 50.6 Å². The average molecular weight is 375 g/mol. The van der Waals surface area contributed by atoms with E-state index in [4.69, 9.17) is 16.7 Å². The van der Waals surface area contributed by atoms with Gasteiger partial charge in [0, 0.05) is 19.6 Å². The predicted molar refractivity (Wildman–Crippen MR) is 93.1 cm³/mol. The molecule has 134 valence electrons. The van der Waals surface area contributed by atoms with Crippen LogP contribution in [0.2, 0.25) is 5.02 Å². The van der Waals surface area contributed by atoms with Crippen molar-refractivity contribution < 1.29 is 18.3 Å². The minimum Gasteiger partial charge on any atom is -0.478 e. The second-order valence-electron chi connectivity index (χ2n) is 6.89. The molecular formula is C16H23ClN2O4S. The zero-order valence-corrected chi connectivity index (χ0v) is 15.5. The average Bonchev–Trinajstić information content (AvgIpc) is 2.45. The fraction of sp³-hybridized carbons (Fsp3) is 0.562. The van der Waals surface area contributed by atoms with E-state index in [-0.39, 0.29) is 20.9 Å². The minimum atomic E-state index is -3.71. The number of nitrogens with zero attached hydrogens (tertiary/aromatic N) is 1. The van der Waals surface area contributed by atoms with Crippen molar-refractivity contribution in [1.82, 2.24) is 9.62 Å². The summed E-state index contributed by atoms with van der Waals surface area (Å²) in [7, 11) is -3.71. The van der Waals surface area contributed by atoms with Crippen LogP contribution in [0.5, 0.6) is 0 Å². The van der Waals surface area contributed by atoms with Crippen molar-refractivity contribution in [3.63, 3.8) is 0 Å². The maximum absolute atomic E-state index is 12.3. The summed E-state index contributed by atoms with van der Waals surface area (Å²) < 4.78 is 27.1. The van der Waals surface area contributed by atoms with E-state index in [1.807, 2.05) is 0 Å². The smallest absolute Gasteiger partial charge is 0.337 e. The van der Waals surface area contributed by atoms with Crippen LogP contribution in [0.4, 0.5) is 0 Å². The fourth-order valence-corrected chi connectivity index (χ4v) is 4.37. The number of rotatable bonds is 6. The van der Waals surface area contributed by atoms with Crippen LogP contribution in [0, 0.1) is 5.41 Å². The third kappa shape index (κ3) is 4.92. The molecule has 0 aromatic heterocycles. The molecule has 1 heterocycles. The van der Waals surface area contributed by atoms with Gasteiger partial charge in [-0.25, -0.2) is 17.9 Å². The number of halogens is 1. The highest BCUT2D eigenvalue weighted by Gasteiger charge is 2.26. The number of likely N-dealkylation sites (tertiary alicyclic amines) is 1. The number of carboxylic acids is 1. The van der Waals surface area contributed by atoms with Crippen molar-refractivity contribution in [1.29, 1.82) is 0 Å². The molecule has 0 unspecified atom stereocenters. The number of benzene rings is 1. The molecule has 2 N–H and O–H groups in total. The molecule has 0 saturated carbocycles. The summed E-state index contributed by atoms with van der Waals surface area (Å²) in [5.74, 6) is -1.19. The number of aromatic carboxylic acids is 1. The molecule has 0 aliphatic carbocycles. The van der Waals surface area contributed by atoms with E-state index >= 15 is 0 Å². The highest BCUT2D eigenvalue weighted by atomic mass is 35.5. The summed E-state index contributed by atoms with van der Waals surface area (Å²) in [5.41, 5.74) is 0.142. The molecule has 8 heteroatoms. The number of carboxylic acid groups (broad SMARTS) is 1. The first-order chi connectivity index (χ1) is 11.1. The molecule has 0 amide bonds. The predicted octanol–water partition coefficient (Wildman–Crippen LogP) is 2.44. The van der Waals surface area contributed by atoms with Gasteiger partial charge in [0.25, 0.3) is 0 Å². The normalized spacial score (nSPS) is 18.5. The van der Waals surface area contributed by atoms with Crippen LogP contribution < -0.4 is 4.72 Å². The molecule has 0 spiro atoms. The van der Waals surface area contributed by atoms with Gasteiger partial charge in [-0.15, -0.1) is 0 Å². The molecule has 0 radical (unpaired) electrons. The van der Waals surface area contributed by atoms with E-state index in [0.717, 1.165) is 25.6 Å². The SMILES string of the molecule is CC1(C)CCCN(CCNS(=O)(=O)c2ccc(C(=O)O)c(Cl)c2)C1. The summed E-state index contributed by atoms with van der Waals surface area (Å²) in [5, 5.41) is 8.84. The Hall–Kier alpha value is -1.15. The van der Waals surface area contributed by atoms with Gasteiger partial charge in [0.2, 0.25) is 10.0 Å². The maximum Gasteiger partial charge on any atom is 0.337 e. The highest BCUT2D eigenvalue weighted by molar-refractivity contribution is 7.89. The van der Waals surface area contributed by atoms with Gasteiger partial charge in [0.05, 0.1) is 15.5 Å². The first-order valence-electron chi connectivity index (χ1n) is 7.86. The molecule has 0 bridgehead atoms. The van der Waals surface area contributed by atoms with Crippen molar-refractivity contribution in [3.8, 4) is 0 Å². The lowest BCUT2D eigenvalue weighted by Gasteiger charge is -2.38. The standard InChI is InChI=1S/C16H23ClN2O4S/c1-16(2)6-3-8-19(11-16)9-7-18-24(22,23)12-4-5-13(15(20)21)14(17)10-12/h4-5,10,18H,3,6-9,11H2,1-2H3,(H,20,21). The van der Waals surface area contributed by atoms with Gasteiger partial charge in [0.1, 0.15) is 0 Å². The van der Waals surface area contributed by atoms with E-state index in [9.17, 15) is 13.2 Å². The molecular weight excluding hydrogens is 352 g/mol. The second kappa shape index (κ2) is 7.39. The van der Waals surface area contributed by atoms with Gasteiger partial charge in [-0.05, 0) is 43.0 Å². The molecule has 1 saturated heterocycles. The largest absolute Gasteiger partial charge is 0.478 e. The van der Waals surface area contributed by atoms with Gasteiger partial charge in [-0.3, -0.25) is 0 Å². The minimum absolute atomic E-state index is 0.0310. The lowest BCUT2D eigenvalue weighted by Crippen LogP contribution is -2.43. The Labute approximate surface area is 147 Å². The fourth-order valence-electron chi connectivity index (χ4n) is 2.99. The first kappa shape index (κ1) is 19.2. The van der Waals surface area contributed by atoms with Crippen molar-refractivity contribution >= 4 is 27.6 Å². The lowest BCUT2D eigenvalue weighted by atomic mass is 9.84. The Balaban J connectivity index is 1.96. The van der Waals surface area contributed by atoms with Crippen LogP contribution in [0.15, 0.2) is 23.1 Å². The van der Waals surface area contributed by atoms with Crippen LogP contribution in [0.3, 0.4) is 0 Å². The van der Waals surface area contributed by atoms with Gasteiger partial charge in [0.15, 0.2) is 0 Å². The van der Waals surface area contributed by atoms with Crippen LogP contribution >= 0.6 is 11.6 Å². The van der Waals surface area contributed by atoms with Gasteiger partial charge in [-0.2, -0.15) is 0 Å². The van der Waals surface area contributed by atoms with E-state index in [0.29, 0.717) is 13.1 Å². The van der Waals surface area contributed by atoms with Gasteiger partial charge in [-0.1, -0.05) is 25.4 Å². The third-order valence-electron chi connectivity index (χ3n) is 4.18. The number of carbonyl (C=O) groups is 1. The van der Waals surface area contributed by atoms with Crippen LogP contribution in [-0.2, 0) is 10.0 Å². The zero-order chi connectivity index (χ0) is 18.0.